The lowest BCUT2D eigenvalue weighted by Gasteiger charge is -2.17. The summed E-state index contributed by atoms with van der Waals surface area (Å²) in [6.07, 6.45) is 3.85. The highest BCUT2D eigenvalue weighted by Gasteiger charge is 2.22. The van der Waals surface area contributed by atoms with E-state index in [2.05, 4.69) is 35.4 Å². The van der Waals surface area contributed by atoms with E-state index in [9.17, 15) is 4.39 Å². The number of nitrogens with zero attached hydrogens (tertiary/aromatic N) is 3. The van der Waals surface area contributed by atoms with Crippen LogP contribution in [0.15, 0.2) is 36.7 Å². The zero-order chi connectivity index (χ0) is 18.4. The third-order valence-electron chi connectivity index (χ3n) is 3.68. The number of aryl methyl sites for hydroxylation is 1. The van der Waals surface area contributed by atoms with Crippen LogP contribution in [0.3, 0.4) is 0 Å². The Hall–Kier alpha value is -1.57. The van der Waals surface area contributed by atoms with Crippen molar-refractivity contribution in [1.29, 1.82) is 0 Å². The molecule has 132 valence electrons. The molecule has 3 aromatic rings. The Bertz CT molecular complexity index is 909. The second-order valence-corrected chi connectivity index (χ2v) is 9.89. The summed E-state index contributed by atoms with van der Waals surface area (Å²) in [5.74, 6) is -0.303. The highest BCUT2D eigenvalue weighted by atomic mass is 31.1. The summed E-state index contributed by atoms with van der Waals surface area (Å²) >= 11 is 0. The number of alkyl halides is 1. The highest BCUT2D eigenvalue weighted by Crippen LogP contribution is 2.38. The van der Waals surface area contributed by atoms with Crippen molar-refractivity contribution in [3.05, 3.63) is 48.2 Å². The molecule has 3 rings (SSSR count). The van der Waals surface area contributed by atoms with Gasteiger partial charge in [0.15, 0.2) is 5.65 Å². The quantitative estimate of drug-likeness (QED) is 0.618. The minimum absolute atomic E-state index is 0.248. The van der Waals surface area contributed by atoms with Crippen LogP contribution in [0.1, 0.15) is 32.3 Å². The summed E-state index contributed by atoms with van der Waals surface area (Å²) in [4.78, 5) is 8.96. The lowest BCUT2D eigenvalue weighted by atomic mass is 10.1. The zero-order valence-corrected chi connectivity index (χ0v) is 17.1. The van der Waals surface area contributed by atoms with Crippen LogP contribution in [0.2, 0.25) is 0 Å². The largest absolute Gasteiger partial charge is 0.459 e. The van der Waals surface area contributed by atoms with E-state index in [1.54, 1.807) is 12.1 Å². The number of fused-ring (bicyclic) bond motifs is 1. The molecular weight excluding hydrogens is 355 g/mol. The molecule has 0 radical (unpaired) electrons. The number of rotatable bonds is 4. The highest BCUT2D eigenvalue weighted by molar-refractivity contribution is 7.38. The van der Waals surface area contributed by atoms with Gasteiger partial charge in [-0.25, -0.2) is 9.97 Å². The maximum absolute atomic E-state index is 13.6. The fourth-order valence-corrected chi connectivity index (χ4v) is 3.05. The molecule has 0 saturated heterocycles. The molecule has 2 unspecified atom stereocenters. The van der Waals surface area contributed by atoms with E-state index < -0.39 is 5.85 Å². The van der Waals surface area contributed by atoms with Gasteiger partial charge in [0.05, 0.1) is 10.6 Å². The Morgan fingerprint density at radius 3 is 2.28 bits per heavy atom. The number of ether oxygens (including phenoxy) is 1. The molecule has 0 aliphatic heterocycles. The van der Waals surface area contributed by atoms with Crippen LogP contribution < -0.4 is 4.74 Å². The number of hydrogen-bond donors (Lipinski definition) is 0. The average molecular weight is 377 g/mol. The average Bonchev–Trinajstić information content (AvgIpc) is 2.83. The Morgan fingerprint density at radius 1 is 1.08 bits per heavy atom. The van der Waals surface area contributed by atoms with Gasteiger partial charge >= 0.3 is 0 Å². The molecule has 7 heteroatoms. The van der Waals surface area contributed by atoms with Gasteiger partial charge in [-0.3, -0.25) is 4.40 Å². The van der Waals surface area contributed by atoms with Crippen LogP contribution in [0.25, 0.3) is 16.8 Å². The number of imidazole rings is 1. The van der Waals surface area contributed by atoms with E-state index in [4.69, 9.17) is 4.74 Å². The van der Waals surface area contributed by atoms with Crippen LogP contribution in [0.4, 0.5) is 4.39 Å². The molecule has 0 spiro atoms. The van der Waals surface area contributed by atoms with Crippen molar-refractivity contribution in [1.82, 2.24) is 14.4 Å². The first kappa shape index (κ1) is 18.2. The third kappa shape index (κ3) is 3.99. The molecule has 0 fully saturated rings. The molecule has 2 atom stereocenters. The molecule has 0 saturated carbocycles. The summed E-state index contributed by atoms with van der Waals surface area (Å²) in [6.45, 7) is 6.78. The Morgan fingerprint density at radius 2 is 1.72 bits per heavy atom. The summed E-state index contributed by atoms with van der Waals surface area (Å²) < 4.78 is 20.8. The minimum Gasteiger partial charge on any atom is -0.459 e. The second kappa shape index (κ2) is 6.30. The molecule has 0 aliphatic rings. The minimum atomic E-state index is -1.70. The van der Waals surface area contributed by atoms with Gasteiger partial charge in [-0.1, -0.05) is 12.1 Å². The molecule has 4 nitrogen and oxygen atoms in total. The topological polar surface area (TPSA) is 39.4 Å². The van der Waals surface area contributed by atoms with Gasteiger partial charge in [-0.2, -0.15) is 4.39 Å². The van der Waals surface area contributed by atoms with Crippen LogP contribution in [-0.2, 0) is 4.90 Å². The fraction of sp³-hybridized carbons (Fsp3) is 0.333. The van der Waals surface area contributed by atoms with Gasteiger partial charge in [-0.05, 0) is 31.5 Å². The Labute approximate surface area is 151 Å². The van der Waals surface area contributed by atoms with Crippen molar-refractivity contribution < 1.29 is 9.13 Å². The van der Waals surface area contributed by atoms with E-state index in [-0.39, 0.29) is 4.90 Å². The first-order valence-corrected chi connectivity index (χ1v) is 9.11. The van der Waals surface area contributed by atoms with Gasteiger partial charge in [0.2, 0.25) is 5.85 Å². The van der Waals surface area contributed by atoms with E-state index in [0.717, 1.165) is 28.3 Å². The Kier molecular flexibility index (Phi) is 4.59. The molecular formula is C18H22FN3OP2. The normalized spacial score (nSPS) is 12.6. The lowest BCUT2D eigenvalue weighted by molar-refractivity contribution is -0.0256. The van der Waals surface area contributed by atoms with E-state index >= 15 is 0 Å². The van der Waals surface area contributed by atoms with Crippen molar-refractivity contribution in [2.75, 3.05) is 0 Å². The molecule has 2 aromatic heterocycles. The maximum atomic E-state index is 13.6. The summed E-state index contributed by atoms with van der Waals surface area (Å²) in [5.41, 5.74) is 3.67. The standard InChI is InChI=1S/C18H22FN3OP2/c1-11-15-20-9-13(10-22(15)16(21-11)18(4,24)25)12-5-7-14(8-6-12)23-17(2,3)19/h5-10H,24-25H2,1-4H3. The van der Waals surface area contributed by atoms with Gasteiger partial charge in [0, 0.05) is 31.8 Å². The summed E-state index contributed by atoms with van der Waals surface area (Å²) in [6, 6.07) is 7.31. The monoisotopic (exact) mass is 377 g/mol. The molecule has 0 bridgehead atoms. The fourth-order valence-electron chi connectivity index (χ4n) is 2.64. The summed E-state index contributed by atoms with van der Waals surface area (Å²) in [7, 11) is 5.57. The molecule has 25 heavy (non-hydrogen) atoms. The first-order chi connectivity index (χ1) is 11.5. The van der Waals surface area contributed by atoms with Crippen LogP contribution >= 0.6 is 18.5 Å². The van der Waals surface area contributed by atoms with Gasteiger partial charge in [0.1, 0.15) is 11.6 Å². The van der Waals surface area contributed by atoms with Gasteiger partial charge < -0.3 is 4.74 Å². The number of benzene rings is 1. The van der Waals surface area contributed by atoms with Crippen molar-refractivity contribution >= 4 is 24.1 Å². The maximum Gasteiger partial charge on any atom is 0.242 e. The molecule has 2 heterocycles. The SMILES string of the molecule is Cc1nc(C(C)(P)P)n2cc(-c3ccc(OC(C)(C)F)cc3)cnc12. The number of hydrogen-bond acceptors (Lipinski definition) is 3. The van der Waals surface area contributed by atoms with E-state index in [1.807, 2.05) is 35.9 Å². The predicted octanol–water partition coefficient (Wildman–Crippen LogP) is 4.71. The van der Waals surface area contributed by atoms with Crippen molar-refractivity contribution in [3.63, 3.8) is 0 Å². The molecule has 0 amide bonds. The summed E-state index contributed by atoms with van der Waals surface area (Å²) in [5, 5.41) is 0. The second-order valence-electron chi connectivity index (χ2n) is 6.83. The molecule has 0 aliphatic carbocycles. The van der Waals surface area contributed by atoms with Crippen LogP contribution in [0.5, 0.6) is 5.75 Å². The predicted molar refractivity (Wildman–Crippen MR) is 106 cm³/mol. The van der Waals surface area contributed by atoms with Crippen molar-refractivity contribution in [2.24, 2.45) is 0 Å². The Balaban J connectivity index is 2.02. The smallest absolute Gasteiger partial charge is 0.242 e. The van der Waals surface area contributed by atoms with Crippen molar-refractivity contribution in [3.8, 4) is 16.9 Å². The van der Waals surface area contributed by atoms with E-state index in [1.165, 1.54) is 13.8 Å². The molecule has 0 N–H and O–H groups in total. The van der Waals surface area contributed by atoms with Gasteiger partial charge in [0.25, 0.3) is 0 Å². The van der Waals surface area contributed by atoms with Crippen LogP contribution in [-0.4, -0.2) is 20.2 Å². The van der Waals surface area contributed by atoms with Crippen molar-refractivity contribution in [2.45, 2.75) is 38.4 Å². The number of aromatic nitrogens is 3. The zero-order valence-electron chi connectivity index (χ0n) is 14.7. The van der Waals surface area contributed by atoms with E-state index in [0.29, 0.717) is 5.75 Å². The van der Waals surface area contributed by atoms with Crippen LogP contribution in [0, 0.1) is 6.92 Å². The first-order valence-electron chi connectivity index (χ1n) is 7.96. The number of halogens is 1. The molecule has 1 aromatic carbocycles. The van der Waals surface area contributed by atoms with Gasteiger partial charge in [-0.15, -0.1) is 18.5 Å². The lowest BCUT2D eigenvalue weighted by Crippen LogP contribution is -2.20. The third-order valence-corrected chi connectivity index (χ3v) is 4.19.